The number of ether oxygens (including phenoxy) is 1. The van der Waals surface area contributed by atoms with Crippen molar-refractivity contribution < 1.29 is 24.2 Å². The molecule has 0 aromatic heterocycles. The first kappa shape index (κ1) is 14.2. The summed E-state index contributed by atoms with van der Waals surface area (Å²) in [5.74, 6) is -1.57. The molecule has 8 heteroatoms. The minimum atomic E-state index is -1.14. The van der Waals surface area contributed by atoms with Gasteiger partial charge in [0, 0.05) is 20.0 Å². The van der Waals surface area contributed by atoms with Gasteiger partial charge in [0.25, 0.3) is 0 Å². The maximum atomic E-state index is 10.6. The van der Waals surface area contributed by atoms with Gasteiger partial charge in [-0.2, -0.15) is 0 Å². The predicted molar refractivity (Wildman–Crippen MR) is 53.6 cm³/mol. The quantitative estimate of drug-likeness (QED) is 0.386. The molecule has 0 aliphatic rings. The van der Waals surface area contributed by atoms with E-state index in [2.05, 4.69) is 15.4 Å². The number of amides is 2. The summed E-state index contributed by atoms with van der Waals surface area (Å²) in [5.41, 5.74) is 4.71. The molecule has 0 rings (SSSR count). The molecule has 0 aliphatic heterocycles. The Morgan fingerprint density at radius 3 is 2.50 bits per heavy atom. The van der Waals surface area contributed by atoms with E-state index in [1.807, 2.05) is 0 Å². The summed E-state index contributed by atoms with van der Waals surface area (Å²) < 4.78 is 4.41. The molecule has 16 heavy (non-hydrogen) atoms. The largest absolute Gasteiger partial charge is 0.480 e. The second-order valence-electron chi connectivity index (χ2n) is 2.96. The number of carbonyl (C=O) groups is 3. The van der Waals surface area contributed by atoms with E-state index in [0.29, 0.717) is 0 Å². The van der Waals surface area contributed by atoms with E-state index in [1.54, 1.807) is 0 Å². The summed E-state index contributed by atoms with van der Waals surface area (Å²) in [4.78, 5) is 31.5. The van der Waals surface area contributed by atoms with Crippen molar-refractivity contribution >= 4 is 18.0 Å². The fourth-order valence-electron chi connectivity index (χ4n) is 0.916. The Bertz CT molecular complexity index is 268. The maximum absolute atomic E-state index is 10.6. The van der Waals surface area contributed by atoms with Crippen molar-refractivity contribution in [2.24, 2.45) is 5.73 Å². The van der Waals surface area contributed by atoms with Crippen molar-refractivity contribution in [2.45, 2.75) is 13.0 Å². The number of carboxylic acid groups (broad SMARTS) is 1. The van der Waals surface area contributed by atoms with Crippen LogP contribution in [-0.2, 0) is 14.3 Å². The van der Waals surface area contributed by atoms with E-state index >= 15 is 0 Å². The van der Waals surface area contributed by atoms with E-state index in [9.17, 15) is 14.4 Å². The number of hydrogen-bond donors (Lipinski definition) is 4. The van der Waals surface area contributed by atoms with E-state index in [0.717, 1.165) is 0 Å². The van der Waals surface area contributed by atoms with Gasteiger partial charge in [0.1, 0.15) is 12.6 Å². The van der Waals surface area contributed by atoms with Crippen LogP contribution in [0.1, 0.15) is 6.92 Å². The van der Waals surface area contributed by atoms with Crippen LogP contribution >= 0.6 is 0 Å². The number of aliphatic carboxylic acids is 1. The summed E-state index contributed by atoms with van der Waals surface area (Å²) in [6.07, 6.45) is -0.890. The van der Waals surface area contributed by atoms with Crippen LogP contribution in [0.2, 0.25) is 0 Å². The third kappa shape index (κ3) is 7.56. The normalized spacial score (nSPS) is 11.6. The fraction of sp³-hybridized carbons (Fsp3) is 0.625. The molecule has 0 aromatic rings. The minimum absolute atomic E-state index is 0.0387. The van der Waals surface area contributed by atoms with Crippen molar-refractivity contribution in [3.63, 3.8) is 0 Å². The van der Waals surface area contributed by atoms with Crippen LogP contribution in [0.25, 0.3) is 0 Å². The van der Waals surface area contributed by atoms with Crippen LogP contribution in [0, 0.1) is 0 Å². The zero-order chi connectivity index (χ0) is 12.6. The second-order valence-corrected chi connectivity index (χ2v) is 2.96. The Morgan fingerprint density at radius 2 is 2.06 bits per heavy atom. The van der Waals surface area contributed by atoms with Gasteiger partial charge in [-0.05, 0) is 0 Å². The molecule has 0 bridgehead atoms. The number of nitrogens with two attached hydrogens (primary N) is 1. The first-order valence-corrected chi connectivity index (χ1v) is 4.56. The van der Waals surface area contributed by atoms with E-state index < -0.39 is 24.0 Å². The molecule has 5 N–H and O–H groups in total. The number of carbonyl (C=O) groups excluding carboxylic acids is 2. The lowest BCUT2D eigenvalue weighted by Gasteiger charge is -2.13. The first-order chi connectivity index (χ1) is 7.43. The zero-order valence-electron chi connectivity index (χ0n) is 8.86. The van der Waals surface area contributed by atoms with Gasteiger partial charge in [0.2, 0.25) is 5.91 Å². The Kier molecular flexibility index (Phi) is 6.61. The highest BCUT2D eigenvalue weighted by molar-refractivity contribution is 5.82. The van der Waals surface area contributed by atoms with Crippen molar-refractivity contribution in [1.29, 1.82) is 0 Å². The number of hydrogen-bond acceptors (Lipinski definition) is 5. The Hall–Kier alpha value is -1.83. The molecule has 0 fully saturated rings. The van der Waals surface area contributed by atoms with Gasteiger partial charge in [-0.15, -0.1) is 0 Å². The summed E-state index contributed by atoms with van der Waals surface area (Å²) in [6.45, 7) is 1.57. The van der Waals surface area contributed by atoms with Crippen LogP contribution in [0.5, 0.6) is 0 Å². The average molecular weight is 233 g/mol. The van der Waals surface area contributed by atoms with Crippen molar-refractivity contribution in [3.05, 3.63) is 0 Å². The van der Waals surface area contributed by atoms with Gasteiger partial charge >= 0.3 is 12.1 Å². The summed E-state index contributed by atoms with van der Waals surface area (Å²) in [7, 11) is 0. The maximum Gasteiger partial charge on any atom is 0.404 e. The van der Waals surface area contributed by atoms with Gasteiger partial charge in [-0.25, -0.2) is 9.59 Å². The molecule has 0 saturated heterocycles. The van der Waals surface area contributed by atoms with Gasteiger partial charge in [0.05, 0.1) is 0 Å². The summed E-state index contributed by atoms with van der Waals surface area (Å²) in [6, 6.07) is -1.01. The monoisotopic (exact) mass is 233 g/mol. The smallest absolute Gasteiger partial charge is 0.404 e. The molecule has 8 nitrogen and oxygen atoms in total. The van der Waals surface area contributed by atoms with Crippen LogP contribution in [0.3, 0.4) is 0 Å². The number of primary amides is 1. The fourth-order valence-corrected chi connectivity index (χ4v) is 0.916. The molecule has 0 heterocycles. The number of nitrogens with one attached hydrogen (secondary N) is 2. The highest BCUT2D eigenvalue weighted by Gasteiger charge is 2.17. The lowest BCUT2D eigenvalue weighted by atomic mass is 10.3. The molecular formula is C8H15N3O5. The molecular weight excluding hydrogens is 218 g/mol. The molecule has 92 valence electrons. The molecule has 0 aromatic carbocycles. The van der Waals surface area contributed by atoms with Crippen LogP contribution in [0.4, 0.5) is 4.79 Å². The Morgan fingerprint density at radius 1 is 1.44 bits per heavy atom. The summed E-state index contributed by atoms with van der Waals surface area (Å²) in [5, 5.41) is 13.7. The average Bonchev–Trinajstić information content (AvgIpc) is 2.14. The van der Waals surface area contributed by atoms with Gasteiger partial charge in [-0.3, -0.25) is 4.79 Å². The third-order valence-corrected chi connectivity index (χ3v) is 1.55. The summed E-state index contributed by atoms with van der Waals surface area (Å²) >= 11 is 0. The predicted octanol–water partition coefficient (Wildman–Crippen LogP) is -1.74. The number of carboxylic acids is 1. The lowest BCUT2D eigenvalue weighted by molar-refractivity contribution is -0.141. The Balaban J connectivity index is 3.72. The lowest BCUT2D eigenvalue weighted by Crippen LogP contribution is -2.47. The van der Waals surface area contributed by atoms with Crippen LogP contribution < -0.4 is 16.4 Å². The highest BCUT2D eigenvalue weighted by Crippen LogP contribution is 1.82. The van der Waals surface area contributed by atoms with Crippen LogP contribution in [0.15, 0.2) is 0 Å². The first-order valence-electron chi connectivity index (χ1n) is 4.56. The van der Waals surface area contributed by atoms with E-state index in [-0.39, 0.29) is 19.7 Å². The molecule has 0 radical (unpaired) electrons. The molecule has 0 saturated carbocycles. The van der Waals surface area contributed by atoms with Gasteiger partial charge < -0.3 is 26.2 Å². The van der Waals surface area contributed by atoms with E-state index in [4.69, 9.17) is 10.8 Å². The van der Waals surface area contributed by atoms with Crippen molar-refractivity contribution in [1.82, 2.24) is 10.6 Å². The van der Waals surface area contributed by atoms with Gasteiger partial charge in [-0.1, -0.05) is 0 Å². The van der Waals surface area contributed by atoms with Crippen LogP contribution in [-0.4, -0.2) is 48.8 Å². The standard InChI is InChI=1S/C8H15N3O5/c1-5(12)11-6(7(13)14)4-10-2-3-16-8(9)15/h6,10H,2-4H2,1H3,(H2,9,15)(H,11,12)(H,13,14). The van der Waals surface area contributed by atoms with E-state index in [1.165, 1.54) is 6.92 Å². The molecule has 1 unspecified atom stereocenters. The molecule has 1 atom stereocenters. The highest BCUT2D eigenvalue weighted by atomic mass is 16.5. The minimum Gasteiger partial charge on any atom is -0.480 e. The third-order valence-electron chi connectivity index (χ3n) is 1.55. The number of rotatable bonds is 7. The second kappa shape index (κ2) is 7.46. The molecule has 0 spiro atoms. The Labute approximate surface area is 92.1 Å². The molecule has 0 aliphatic carbocycles. The SMILES string of the molecule is CC(=O)NC(CNCCOC(N)=O)C(=O)O. The topological polar surface area (TPSA) is 131 Å². The van der Waals surface area contributed by atoms with Crippen molar-refractivity contribution in [2.75, 3.05) is 19.7 Å². The van der Waals surface area contributed by atoms with Gasteiger partial charge in [0.15, 0.2) is 0 Å². The zero-order valence-corrected chi connectivity index (χ0v) is 8.86. The van der Waals surface area contributed by atoms with Crippen molar-refractivity contribution in [3.8, 4) is 0 Å². The molecule has 2 amide bonds.